The second kappa shape index (κ2) is 7.78. The van der Waals surface area contributed by atoms with Crippen molar-refractivity contribution in [2.24, 2.45) is 5.73 Å². The van der Waals surface area contributed by atoms with Crippen LogP contribution in [0.15, 0.2) is 18.2 Å². The van der Waals surface area contributed by atoms with Gasteiger partial charge in [0, 0.05) is 12.1 Å². The zero-order valence-electron chi connectivity index (χ0n) is 10.4. The highest BCUT2D eigenvalue weighted by Gasteiger charge is 2.11. The molecule has 6 heteroatoms. The summed E-state index contributed by atoms with van der Waals surface area (Å²) >= 11 is 4.72. The van der Waals surface area contributed by atoms with Crippen LogP contribution in [-0.4, -0.2) is 17.4 Å². The van der Waals surface area contributed by atoms with E-state index in [-0.39, 0.29) is 17.9 Å². The van der Waals surface area contributed by atoms with Gasteiger partial charge < -0.3 is 11.1 Å². The fourth-order valence-electron chi connectivity index (χ4n) is 1.57. The molecule has 0 aromatic heterocycles. The molecule has 0 spiro atoms. The van der Waals surface area contributed by atoms with Crippen molar-refractivity contribution in [3.05, 3.63) is 35.4 Å². The summed E-state index contributed by atoms with van der Waals surface area (Å²) in [5, 5.41) is 2.64. The summed E-state index contributed by atoms with van der Waals surface area (Å²) in [6, 6.07) is 3.79. The second-order valence-electron chi connectivity index (χ2n) is 4.16. The number of nitrogens with two attached hydrogens (primary N) is 1. The Morgan fingerprint density at radius 1 is 1.32 bits per heavy atom. The van der Waals surface area contributed by atoms with E-state index in [1.807, 2.05) is 0 Å². The molecule has 0 atom stereocenters. The Kier molecular flexibility index (Phi) is 6.35. The van der Waals surface area contributed by atoms with Crippen molar-refractivity contribution >= 4 is 23.1 Å². The summed E-state index contributed by atoms with van der Waals surface area (Å²) in [7, 11) is 0. The first kappa shape index (κ1) is 15.5. The van der Waals surface area contributed by atoms with Gasteiger partial charge in [-0.25, -0.2) is 8.78 Å². The van der Waals surface area contributed by atoms with E-state index in [1.54, 1.807) is 0 Å². The van der Waals surface area contributed by atoms with Gasteiger partial charge in [-0.1, -0.05) is 24.4 Å². The van der Waals surface area contributed by atoms with Gasteiger partial charge in [0.2, 0.25) is 5.91 Å². The molecule has 0 bridgehead atoms. The number of thiocarbonyl (C=S) groups is 1. The van der Waals surface area contributed by atoms with Gasteiger partial charge in [0.15, 0.2) is 11.6 Å². The monoisotopic (exact) mass is 286 g/mol. The maximum absolute atomic E-state index is 13.3. The molecule has 104 valence electrons. The van der Waals surface area contributed by atoms with E-state index >= 15 is 0 Å². The lowest BCUT2D eigenvalue weighted by Gasteiger charge is -2.06. The Balaban J connectivity index is 2.31. The van der Waals surface area contributed by atoms with E-state index in [9.17, 15) is 13.6 Å². The number of carbonyl (C=O) groups is 1. The fourth-order valence-corrected chi connectivity index (χ4v) is 1.72. The molecule has 0 aliphatic rings. The van der Waals surface area contributed by atoms with Gasteiger partial charge in [0.25, 0.3) is 0 Å². The van der Waals surface area contributed by atoms with Crippen LogP contribution in [0.2, 0.25) is 0 Å². The van der Waals surface area contributed by atoms with Crippen molar-refractivity contribution in [2.75, 3.05) is 6.54 Å². The van der Waals surface area contributed by atoms with E-state index in [4.69, 9.17) is 18.0 Å². The lowest BCUT2D eigenvalue weighted by atomic mass is 10.1. The summed E-state index contributed by atoms with van der Waals surface area (Å²) in [6.45, 7) is 0.471. The van der Waals surface area contributed by atoms with Crippen molar-refractivity contribution < 1.29 is 13.6 Å². The highest BCUT2D eigenvalue weighted by atomic mass is 32.1. The molecule has 1 aromatic carbocycles. The molecule has 0 saturated heterocycles. The predicted octanol–water partition coefficient (Wildman–Crippen LogP) is 2.08. The van der Waals surface area contributed by atoms with Crippen LogP contribution in [0.1, 0.15) is 24.8 Å². The van der Waals surface area contributed by atoms with Crippen LogP contribution < -0.4 is 11.1 Å². The van der Waals surface area contributed by atoms with Crippen LogP contribution >= 0.6 is 12.2 Å². The van der Waals surface area contributed by atoms with Gasteiger partial charge in [-0.05, 0) is 25.3 Å². The number of carbonyl (C=O) groups excluding carboxylic acids is 1. The molecule has 0 aliphatic carbocycles. The Labute approximate surface area is 116 Å². The average molecular weight is 286 g/mol. The highest BCUT2D eigenvalue weighted by molar-refractivity contribution is 7.80. The van der Waals surface area contributed by atoms with Gasteiger partial charge in [-0.2, -0.15) is 0 Å². The summed E-state index contributed by atoms with van der Waals surface area (Å²) in [5.41, 5.74) is 5.39. The summed E-state index contributed by atoms with van der Waals surface area (Å²) in [5.74, 6) is -2.24. The van der Waals surface area contributed by atoms with Crippen LogP contribution in [-0.2, 0) is 11.2 Å². The molecule has 0 aliphatic heterocycles. The van der Waals surface area contributed by atoms with Gasteiger partial charge in [-0.15, -0.1) is 0 Å². The number of unbranched alkanes of at least 4 members (excludes halogenated alkanes) is 1. The standard InChI is InChI=1S/C13H16F2N2OS/c14-10-5-3-4-9(13(10)15)8-12(18)17-7-2-1-6-11(16)19/h3-5H,1-2,6-8H2,(H2,16,19)(H,17,18). The Morgan fingerprint density at radius 3 is 2.74 bits per heavy atom. The van der Waals surface area contributed by atoms with Crippen LogP contribution in [0.3, 0.4) is 0 Å². The number of nitrogens with one attached hydrogen (secondary N) is 1. The molecule has 1 aromatic rings. The lowest BCUT2D eigenvalue weighted by Crippen LogP contribution is -2.26. The molecule has 19 heavy (non-hydrogen) atoms. The molecule has 3 nitrogen and oxygen atoms in total. The molecule has 1 amide bonds. The lowest BCUT2D eigenvalue weighted by molar-refractivity contribution is -0.120. The van der Waals surface area contributed by atoms with E-state index in [0.717, 1.165) is 18.9 Å². The minimum absolute atomic E-state index is 0.0561. The third-order valence-corrected chi connectivity index (χ3v) is 2.76. The van der Waals surface area contributed by atoms with Crippen LogP contribution in [0.4, 0.5) is 8.78 Å². The first-order valence-electron chi connectivity index (χ1n) is 5.98. The van der Waals surface area contributed by atoms with Gasteiger partial charge in [0.1, 0.15) is 0 Å². The molecular formula is C13H16F2N2OS. The van der Waals surface area contributed by atoms with Crippen LogP contribution in [0.25, 0.3) is 0 Å². The molecule has 0 fully saturated rings. The van der Waals surface area contributed by atoms with Gasteiger partial charge in [-0.3, -0.25) is 4.79 Å². The van der Waals surface area contributed by atoms with Crippen molar-refractivity contribution in [3.63, 3.8) is 0 Å². The minimum Gasteiger partial charge on any atom is -0.393 e. The molecule has 0 heterocycles. The van der Waals surface area contributed by atoms with Gasteiger partial charge >= 0.3 is 0 Å². The molecule has 1 rings (SSSR count). The number of rotatable bonds is 7. The van der Waals surface area contributed by atoms with Crippen molar-refractivity contribution in [1.82, 2.24) is 5.32 Å². The minimum atomic E-state index is -0.967. The van der Waals surface area contributed by atoms with Crippen molar-refractivity contribution in [2.45, 2.75) is 25.7 Å². The predicted molar refractivity (Wildman–Crippen MR) is 73.7 cm³/mol. The Hall–Kier alpha value is -1.56. The normalized spacial score (nSPS) is 10.2. The largest absolute Gasteiger partial charge is 0.393 e. The average Bonchev–Trinajstić information content (AvgIpc) is 2.34. The summed E-state index contributed by atoms with van der Waals surface area (Å²) in [4.78, 5) is 12.0. The number of amides is 1. The Morgan fingerprint density at radius 2 is 2.05 bits per heavy atom. The smallest absolute Gasteiger partial charge is 0.224 e. The van der Waals surface area contributed by atoms with Crippen LogP contribution in [0.5, 0.6) is 0 Å². The number of halogens is 2. The number of hydrogen-bond donors (Lipinski definition) is 2. The highest BCUT2D eigenvalue weighted by Crippen LogP contribution is 2.11. The fraction of sp³-hybridized carbons (Fsp3) is 0.385. The molecule has 0 unspecified atom stereocenters. The summed E-state index contributed by atoms with van der Waals surface area (Å²) < 4.78 is 26.2. The first-order chi connectivity index (χ1) is 9.00. The molecular weight excluding hydrogens is 270 g/mol. The van der Waals surface area contributed by atoms with Crippen LogP contribution in [0, 0.1) is 11.6 Å². The van der Waals surface area contributed by atoms with E-state index in [1.165, 1.54) is 12.1 Å². The van der Waals surface area contributed by atoms with Gasteiger partial charge in [0.05, 0.1) is 11.4 Å². The molecule has 3 N–H and O–H groups in total. The van der Waals surface area contributed by atoms with Crippen molar-refractivity contribution in [3.8, 4) is 0 Å². The Bertz CT molecular complexity index is 466. The third-order valence-electron chi connectivity index (χ3n) is 2.55. The first-order valence-corrected chi connectivity index (χ1v) is 6.39. The quantitative estimate of drug-likeness (QED) is 0.596. The zero-order chi connectivity index (χ0) is 14.3. The topological polar surface area (TPSA) is 55.1 Å². The SMILES string of the molecule is NC(=S)CCCCNC(=O)Cc1cccc(F)c1F. The second-order valence-corrected chi connectivity index (χ2v) is 4.69. The molecule has 0 radical (unpaired) electrons. The van der Waals surface area contributed by atoms with E-state index in [0.29, 0.717) is 18.0 Å². The third kappa shape index (κ3) is 5.74. The van der Waals surface area contributed by atoms with Crippen molar-refractivity contribution in [1.29, 1.82) is 0 Å². The van der Waals surface area contributed by atoms with E-state index < -0.39 is 11.6 Å². The molecule has 0 saturated carbocycles. The maximum Gasteiger partial charge on any atom is 0.224 e. The summed E-state index contributed by atoms with van der Waals surface area (Å²) in [6.07, 6.45) is 2.02. The zero-order valence-corrected chi connectivity index (χ0v) is 11.2. The maximum atomic E-state index is 13.3. The number of hydrogen-bond acceptors (Lipinski definition) is 2. The number of benzene rings is 1. The van der Waals surface area contributed by atoms with E-state index in [2.05, 4.69) is 5.32 Å².